The second-order valence-electron chi connectivity index (χ2n) is 19.8. The Morgan fingerprint density at radius 1 is 0.981 bits per heavy atom. The predicted octanol–water partition coefficient (Wildman–Crippen LogP) is 10.1. The van der Waals surface area contributed by atoms with Crippen LogP contribution in [0.25, 0.3) is 0 Å². The summed E-state index contributed by atoms with van der Waals surface area (Å²) in [7, 11) is -3.63. The minimum absolute atomic E-state index is 0.0570. The molecule has 0 saturated heterocycles. The molecule has 0 radical (unpaired) electrons. The van der Waals surface area contributed by atoms with Gasteiger partial charge in [-0.05, 0) is 132 Å². The van der Waals surface area contributed by atoms with Gasteiger partial charge in [-0.1, -0.05) is 65.5 Å². The first kappa shape index (κ1) is 44.8. The average molecular weight is 768 g/mol. The van der Waals surface area contributed by atoms with Crippen LogP contribution in [0.4, 0.5) is 4.79 Å². The summed E-state index contributed by atoms with van der Waals surface area (Å²) in [6.07, 6.45) is 16.7. The van der Waals surface area contributed by atoms with Gasteiger partial charge in [-0.15, -0.1) is 0 Å². The average Bonchev–Trinajstić information content (AvgIpc) is 3.40. The van der Waals surface area contributed by atoms with Crippen LogP contribution >= 0.6 is 7.60 Å². The normalized spacial score (nSPS) is 32.5. The van der Waals surface area contributed by atoms with Crippen LogP contribution in [0.15, 0.2) is 11.6 Å². The Morgan fingerprint density at radius 3 is 2.40 bits per heavy atom. The van der Waals surface area contributed by atoms with Gasteiger partial charge in [0.2, 0.25) is 0 Å². The van der Waals surface area contributed by atoms with Gasteiger partial charge in [0.1, 0.15) is 6.10 Å². The summed E-state index contributed by atoms with van der Waals surface area (Å²) in [5.41, 5.74) is 1.23. The molecule has 0 spiro atoms. The zero-order chi connectivity index (χ0) is 39.2. The minimum atomic E-state index is -3.63. The number of aliphatic hydroxyl groups is 1. The van der Waals surface area contributed by atoms with Crippen LogP contribution < -0.4 is 5.32 Å². The maximum absolute atomic E-state index is 12.8. The van der Waals surface area contributed by atoms with Crippen LogP contribution in [0.2, 0.25) is 0 Å². The lowest BCUT2D eigenvalue weighted by Gasteiger charge is -2.58. The second kappa shape index (κ2) is 18.5. The van der Waals surface area contributed by atoms with Gasteiger partial charge in [0.05, 0.1) is 30.5 Å². The van der Waals surface area contributed by atoms with Gasteiger partial charge in [0.15, 0.2) is 0 Å². The van der Waals surface area contributed by atoms with Crippen LogP contribution in [0.3, 0.4) is 0 Å². The number of aliphatic hydroxyl groups excluding tert-OH is 1. The number of alkyl carbamates (subject to hydrolysis) is 1. The van der Waals surface area contributed by atoms with Crippen LogP contribution in [0.5, 0.6) is 0 Å². The van der Waals surface area contributed by atoms with Gasteiger partial charge >= 0.3 is 13.7 Å². The molecule has 0 aromatic carbocycles. The fourth-order valence-corrected chi connectivity index (χ4v) is 11.6. The fraction of sp³-hybridized carbons (Fsp3) is 0.930. The highest BCUT2D eigenvalue weighted by molar-refractivity contribution is 7.51. The number of allylic oxidation sites excluding steroid dienone is 1. The summed E-state index contributed by atoms with van der Waals surface area (Å²) < 4.78 is 34.3. The maximum atomic E-state index is 12.8. The quantitative estimate of drug-likeness (QED) is 0.0636. The van der Waals surface area contributed by atoms with Crippen molar-refractivity contribution in [1.29, 1.82) is 0 Å². The number of hydrogen-bond acceptors (Lipinski definition) is 7. The molecule has 0 aromatic heterocycles. The summed E-state index contributed by atoms with van der Waals surface area (Å²) in [6, 6.07) is 0. The van der Waals surface area contributed by atoms with Crippen LogP contribution in [0.1, 0.15) is 152 Å². The fourth-order valence-electron chi connectivity index (χ4n) is 11.1. The predicted molar refractivity (Wildman–Crippen MR) is 213 cm³/mol. The number of ether oxygens (including phenoxy) is 3. The van der Waals surface area contributed by atoms with Crippen molar-refractivity contribution in [2.45, 2.75) is 176 Å². The van der Waals surface area contributed by atoms with Crippen molar-refractivity contribution < 1.29 is 38.1 Å². The van der Waals surface area contributed by atoms with Crippen molar-refractivity contribution in [2.75, 3.05) is 33.0 Å². The molecule has 10 unspecified atom stereocenters. The highest BCUT2D eigenvalue weighted by Crippen LogP contribution is 2.67. The number of hydrogen-bond donors (Lipinski definition) is 3. The Labute approximate surface area is 323 Å². The Hall–Kier alpha value is -0.960. The van der Waals surface area contributed by atoms with Crippen molar-refractivity contribution in [3.8, 4) is 0 Å². The number of carbonyl (C=O) groups excluding carboxylic acids is 1. The number of rotatable bonds is 20. The first-order chi connectivity index (χ1) is 24.6. The highest BCUT2D eigenvalue weighted by atomic mass is 31.2. The van der Waals surface area contributed by atoms with E-state index in [9.17, 15) is 19.4 Å². The summed E-state index contributed by atoms with van der Waals surface area (Å²) in [5.74, 6) is 4.94. The SMILES string of the molecule is CC(C)CCCC(C)C1CCC2C3CC=C4CC(OC(=O)NCCCOC(C)(C)CCOC(C)(C)CC(O)COP(C)(=O)O)CCC4(C)C3CCC12C. The van der Waals surface area contributed by atoms with E-state index in [1.54, 1.807) is 5.57 Å². The van der Waals surface area contributed by atoms with Crippen molar-refractivity contribution in [1.82, 2.24) is 5.32 Å². The van der Waals surface area contributed by atoms with E-state index >= 15 is 0 Å². The Balaban J connectivity index is 1.14. The van der Waals surface area contributed by atoms with Crippen LogP contribution in [-0.2, 0) is 23.3 Å². The van der Waals surface area contributed by atoms with Crippen molar-refractivity contribution >= 4 is 13.7 Å². The van der Waals surface area contributed by atoms with E-state index in [0.29, 0.717) is 38.0 Å². The minimum Gasteiger partial charge on any atom is -0.446 e. The van der Waals surface area contributed by atoms with E-state index in [1.165, 1.54) is 51.4 Å². The lowest BCUT2D eigenvalue weighted by atomic mass is 9.47. The first-order valence-corrected chi connectivity index (χ1v) is 23.2. The Kier molecular flexibility index (Phi) is 15.6. The molecular weight excluding hydrogens is 689 g/mol. The number of nitrogens with one attached hydrogen (secondary N) is 1. The van der Waals surface area contributed by atoms with Gasteiger partial charge in [-0.2, -0.15) is 0 Å². The molecule has 10 atom stereocenters. The monoisotopic (exact) mass is 768 g/mol. The standard InChI is InChI=1S/C43H78NO8P/c1-30(2)13-11-14-31(3)36-17-18-37-35-16-15-32-27-34(19-21-42(32,8)38(35)20-22-43(36,37)9)52-39(46)44-24-12-25-49-40(4,5)23-26-50-41(6,7)28-33(45)29-51-53(10,47)48/h15,30-31,33-38,45H,11-14,16-29H2,1-10H3,(H,44,46)(H,47,48). The lowest BCUT2D eigenvalue weighted by Crippen LogP contribution is -2.51. The summed E-state index contributed by atoms with van der Waals surface area (Å²) in [5, 5.41) is 13.1. The molecule has 0 bridgehead atoms. The summed E-state index contributed by atoms with van der Waals surface area (Å²) in [4.78, 5) is 22.1. The zero-order valence-electron chi connectivity index (χ0n) is 35.2. The van der Waals surface area contributed by atoms with Crippen LogP contribution in [0, 0.1) is 46.3 Å². The largest absolute Gasteiger partial charge is 0.446 e. The first-order valence-electron chi connectivity index (χ1n) is 21.2. The molecule has 1 amide bonds. The van der Waals surface area contributed by atoms with Crippen molar-refractivity contribution in [3.63, 3.8) is 0 Å². The van der Waals surface area contributed by atoms with Gasteiger partial charge < -0.3 is 34.1 Å². The molecule has 3 fully saturated rings. The van der Waals surface area contributed by atoms with E-state index in [-0.39, 0.29) is 30.6 Å². The molecule has 308 valence electrons. The molecule has 4 aliphatic carbocycles. The van der Waals surface area contributed by atoms with E-state index in [1.807, 2.05) is 27.7 Å². The molecular formula is C43H78NO8P. The zero-order valence-corrected chi connectivity index (χ0v) is 36.1. The summed E-state index contributed by atoms with van der Waals surface area (Å²) in [6.45, 7) is 22.6. The topological polar surface area (TPSA) is 124 Å². The van der Waals surface area contributed by atoms with E-state index in [2.05, 4.69) is 46.0 Å². The molecule has 4 rings (SSSR count). The smallest absolute Gasteiger partial charge is 0.407 e. The molecule has 53 heavy (non-hydrogen) atoms. The molecule has 0 aromatic rings. The third-order valence-electron chi connectivity index (χ3n) is 14.0. The molecule has 3 N–H and O–H groups in total. The Bertz CT molecular complexity index is 1260. The third-order valence-corrected chi connectivity index (χ3v) is 14.7. The Morgan fingerprint density at radius 2 is 1.70 bits per heavy atom. The van der Waals surface area contributed by atoms with Gasteiger partial charge in [-0.25, -0.2) is 4.79 Å². The van der Waals surface area contributed by atoms with Gasteiger partial charge in [-0.3, -0.25) is 4.57 Å². The lowest BCUT2D eigenvalue weighted by molar-refractivity contribution is -0.0878. The van der Waals surface area contributed by atoms with Crippen molar-refractivity contribution in [2.24, 2.45) is 46.3 Å². The van der Waals surface area contributed by atoms with Gasteiger partial charge in [0, 0.05) is 32.7 Å². The molecule has 4 aliphatic rings. The second-order valence-corrected chi connectivity index (χ2v) is 21.6. The molecule has 10 heteroatoms. The van der Waals surface area contributed by atoms with E-state index in [4.69, 9.17) is 18.7 Å². The van der Waals surface area contributed by atoms with E-state index < -0.39 is 24.9 Å². The highest BCUT2D eigenvalue weighted by Gasteiger charge is 2.59. The molecule has 0 aliphatic heterocycles. The third kappa shape index (κ3) is 12.5. The molecule has 0 heterocycles. The van der Waals surface area contributed by atoms with E-state index in [0.717, 1.165) is 61.4 Å². The number of carbonyl (C=O) groups is 1. The maximum Gasteiger partial charge on any atom is 0.407 e. The summed E-state index contributed by atoms with van der Waals surface area (Å²) >= 11 is 0. The van der Waals surface area contributed by atoms with Crippen LogP contribution in [-0.4, -0.2) is 72.5 Å². The number of amides is 1. The molecule has 3 saturated carbocycles. The molecule has 9 nitrogen and oxygen atoms in total. The number of fused-ring (bicyclic) bond motifs is 5. The van der Waals surface area contributed by atoms with Gasteiger partial charge in [0.25, 0.3) is 0 Å². The van der Waals surface area contributed by atoms with Crippen molar-refractivity contribution in [3.05, 3.63) is 11.6 Å².